The highest BCUT2D eigenvalue weighted by Gasteiger charge is 2.26. The Morgan fingerprint density at radius 3 is 2.48 bits per heavy atom. The Balaban J connectivity index is 1.29. The molecule has 1 aliphatic carbocycles. The lowest BCUT2D eigenvalue weighted by Crippen LogP contribution is -2.51. The molecule has 8 nitrogen and oxygen atoms in total. The number of hydrogen-bond acceptors (Lipinski definition) is 6. The van der Waals surface area contributed by atoms with Gasteiger partial charge in [-0.2, -0.15) is 0 Å². The number of hydrogen-bond donors (Lipinski definition) is 2. The number of phenolic OH excluding ortho intramolecular Hbond substituents is 1. The summed E-state index contributed by atoms with van der Waals surface area (Å²) in [5.74, 6) is 0.402. The maximum atomic E-state index is 12.6. The van der Waals surface area contributed by atoms with Crippen LogP contribution in [0.5, 0.6) is 5.75 Å². The summed E-state index contributed by atoms with van der Waals surface area (Å²) in [5.41, 5.74) is 0.451. The average molecular weight is 416 g/mol. The van der Waals surface area contributed by atoms with Crippen molar-refractivity contribution in [3.05, 3.63) is 34.8 Å². The van der Waals surface area contributed by atoms with Gasteiger partial charge >= 0.3 is 6.03 Å². The van der Waals surface area contributed by atoms with E-state index < -0.39 is 0 Å². The standard InChI is InChI=1S/C20H25N5O3S/c26-16-8-4-7-15(13-16)18(27)24-9-11-25(12-10-24)20(28)21-19-23-22-17(29-19)14-5-2-1-3-6-14/h4,7-8,13-14,26H,1-3,5-6,9-12H2,(H,21,23,28). The molecule has 2 N–H and O–H groups in total. The lowest BCUT2D eigenvalue weighted by molar-refractivity contribution is 0.0671. The molecule has 2 aliphatic rings. The lowest BCUT2D eigenvalue weighted by atomic mass is 9.90. The highest BCUT2D eigenvalue weighted by molar-refractivity contribution is 7.15. The molecule has 0 spiro atoms. The van der Waals surface area contributed by atoms with Gasteiger partial charge in [0.05, 0.1) is 0 Å². The fraction of sp³-hybridized carbons (Fsp3) is 0.500. The summed E-state index contributed by atoms with van der Waals surface area (Å²) < 4.78 is 0. The Labute approximate surface area is 173 Å². The third kappa shape index (κ3) is 4.67. The number of aromatic hydroxyl groups is 1. The number of nitrogens with zero attached hydrogens (tertiary/aromatic N) is 4. The molecule has 154 valence electrons. The van der Waals surface area contributed by atoms with Gasteiger partial charge in [0.15, 0.2) is 0 Å². The Hall–Kier alpha value is -2.68. The van der Waals surface area contributed by atoms with Crippen molar-refractivity contribution in [2.75, 3.05) is 31.5 Å². The number of urea groups is 1. The van der Waals surface area contributed by atoms with Crippen LogP contribution in [0, 0.1) is 0 Å². The van der Waals surface area contributed by atoms with Gasteiger partial charge in [-0.05, 0) is 31.0 Å². The van der Waals surface area contributed by atoms with E-state index in [2.05, 4.69) is 15.5 Å². The molecule has 1 saturated carbocycles. The third-order valence-electron chi connectivity index (χ3n) is 5.56. The van der Waals surface area contributed by atoms with Crippen LogP contribution >= 0.6 is 11.3 Å². The van der Waals surface area contributed by atoms with Gasteiger partial charge in [-0.15, -0.1) is 10.2 Å². The molecule has 1 aromatic heterocycles. The summed E-state index contributed by atoms with van der Waals surface area (Å²) in [6, 6.07) is 6.12. The molecule has 2 fully saturated rings. The summed E-state index contributed by atoms with van der Waals surface area (Å²) in [7, 11) is 0. The van der Waals surface area contributed by atoms with Crippen molar-refractivity contribution in [3.8, 4) is 5.75 Å². The summed E-state index contributed by atoms with van der Waals surface area (Å²) in [6.45, 7) is 1.80. The lowest BCUT2D eigenvalue weighted by Gasteiger charge is -2.34. The number of rotatable bonds is 3. The predicted octanol–water partition coefficient (Wildman–Crippen LogP) is 3.28. The number of piperazine rings is 1. The van der Waals surface area contributed by atoms with E-state index >= 15 is 0 Å². The van der Waals surface area contributed by atoms with Crippen molar-refractivity contribution in [3.63, 3.8) is 0 Å². The molecule has 1 aliphatic heterocycles. The van der Waals surface area contributed by atoms with E-state index in [-0.39, 0.29) is 17.7 Å². The van der Waals surface area contributed by atoms with Crippen molar-refractivity contribution >= 4 is 28.4 Å². The first-order valence-electron chi connectivity index (χ1n) is 10.1. The molecular weight excluding hydrogens is 390 g/mol. The molecule has 0 unspecified atom stereocenters. The molecular formula is C20H25N5O3S. The van der Waals surface area contributed by atoms with E-state index in [1.807, 2.05) is 0 Å². The smallest absolute Gasteiger partial charge is 0.323 e. The highest BCUT2D eigenvalue weighted by Crippen LogP contribution is 2.35. The van der Waals surface area contributed by atoms with E-state index in [0.717, 1.165) is 17.8 Å². The summed E-state index contributed by atoms with van der Waals surface area (Å²) in [6.07, 6.45) is 6.06. The van der Waals surface area contributed by atoms with Gasteiger partial charge in [-0.1, -0.05) is 36.7 Å². The fourth-order valence-electron chi connectivity index (χ4n) is 3.90. The number of amides is 3. The second kappa shape index (κ2) is 8.77. The van der Waals surface area contributed by atoms with Gasteiger partial charge in [0.2, 0.25) is 5.13 Å². The molecule has 9 heteroatoms. The van der Waals surface area contributed by atoms with E-state index in [1.54, 1.807) is 21.9 Å². The van der Waals surface area contributed by atoms with Crippen LogP contribution in [0.1, 0.15) is 53.4 Å². The topological polar surface area (TPSA) is 98.7 Å². The minimum Gasteiger partial charge on any atom is -0.508 e. The zero-order valence-electron chi connectivity index (χ0n) is 16.2. The largest absolute Gasteiger partial charge is 0.508 e. The second-order valence-electron chi connectivity index (χ2n) is 7.54. The predicted molar refractivity (Wildman–Crippen MR) is 110 cm³/mol. The van der Waals surface area contributed by atoms with Crippen LogP contribution in [-0.2, 0) is 0 Å². The fourth-order valence-corrected chi connectivity index (χ4v) is 4.81. The zero-order chi connectivity index (χ0) is 20.2. The van der Waals surface area contributed by atoms with Crippen molar-refractivity contribution in [2.45, 2.75) is 38.0 Å². The van der Waals surface area contributed by atoms with E-state index in [9.17, 15) is 14.7 Å². The first kappa shape index (κ1) is 19.6. The van der Waals surface area contributed by atoms with Crippen molar-refractivity contribution in [1.82, 2.24) is 20.0 Å². The quantitative estimate of drug-likeness (QED) is 0.802. The number of carbonyl (C=O) groups excluding carboxylic acids is 2. The van der Waals surface area contributed by atoms with Gasteiger partial charge in [0, 0.05) is 37.7 Å². The molecule has 0 radical (unpaired) electrons. The number of phenols is 1. The van der Waals surface area contributed by atoms with Crippen molar-refractivity contribution in [2.24, 2.45) is 0 Å². The first-order valence-corrected chi connectivity index (χ1v) is 10.9. The van der Waals surface area contributed by atoms with Crippen LogP contribution in [-0.4, -0.2) is 63.2 Å². The van der Waals surface area contributed by atoms with Gasteiger partial charge in [-0.25, -0.2) is 4.79 Å². The normalized spacial score (nSPS) is 17.9. The first-order chi connectivity index (χ1) is 14.1. The Bertz CT molecular complexity index is 873. The SMILES string of the molecule is O=C(Nc1nnc(C2CCCCC2)s1)N1CCN(C(=O)c2cccc(O)c2)CC1. The van der Waals surface area contributed by atoms with Gasteiger partial charge in [-0.3, -0.25) is 10.1 Å². The van der Waals surface area contributed by atoms with Gasteiger partial charge in [0.25, 0.3) is 5.91 Å². The van der Waals surface area contributed by atoms with Crippen LogP contribution in [0.15, 0.2) is 24.3 Å². The Morgan fingerprint density at radius 1 is 1.03 bits per heavy atom. The molecule has 3 amide bonds. The zero-order valence-corrected chi connectivity index (χ0v) is 17.0. The minimum atomic E-state index is -0.208. The van der Waals surface area contributed by atoms with Crippen LogP contribution < -0.4 is 5.32 Å². The molecule has 1 aromatic carbocycles. The van der Waals surface area contributed by atoms with E-state index in [0.29, 0.717) is 42.8 Å². The minimum absolute atomic E-state index is 0.0681. The van der Waals surface area contributed by atoms with Crippen LogP contribution in [0.3, 0.4) is 0 Å². The van der Waals surface area contributed by atoms with E-state index in [1.165, 1.54) is 42.7 Å². The third-order valence-corrected chi connectivity index (χ3v) is 6.56. The number of benzene rings is 1. The number of anilines is 1. The Morgan fingerprint density at radius 2 is 1.76 bits per heavy atom. The molecule has 0 bridgehead atoms. The van der Waals surface area contributed by atoms with Gasteiger partial charge in [0.1, 0.15) is 10.8 Å². The molecule has 4 rings (SSSR count). The van der Waals surface area contributed by atoms with Crippen LogP contribution in [0.4, 0.5) is 9.93 Å². The Kier molecular flexibility index (Phi) is 5.94. The molecule has 29 heavy (non-hydrogen) atoms. The number of nitrogens with one attached hydrogen (secondary N) is 1. The molecule has 2 heterocycles. The average Bonchev–Trinajstić information content (AvgIpc) is 3.22. The van der Waals surface area contributed by atoms with Crippen molar-refractivity contribution < 1.29 is 14.7 Å². The number of aromatic nitrogens is 2. The van der Waals surface area contributed by atoms with Crippen LogP contribution in [0.2, 0.25) is 0 Å². The maximum absolute atomic E-state index is 12.6. The second-order valence-corrected chi connectivity index (χ2v) is 8.55. The molecule has 0 atom stereocenters. The van der Waals surface area contributed by atoms with Crippen molar-refractivity contribution in [1.29, 1.82) is 0 Å². The maximum Gasteiger partial charge on any atom is 0.323 e. The summed E-state index contributed by atoms with van der Waals surface area (Å²) >= 11 is 1.47. The highest BCUT2D eigenvalue weighted by atomic mass is 32.1. The van der Waals surface area contributed by atoms with Gasteiger partial charge < -0.3 is 14.9 Å². The van der Waals surface area contributed by atoms with E-state index in [4.69, 9.17) is 0 Å². The summed E-state index contributed by atoms with van der Waals surface area (Å²) in [4.78, 5) is 28.5. The van der Waals surface area contributed by atoms with Crippen LogP contribution in [0.25, 0.3) is 0 Å². The number of carbonyl (C=O) groups is 2. The molecule has 1 saturated heterocycles. The molecule has 2 aromatic rings. The summed E-state index contributed by atoms with van der Waals surface area (Å²) in [5, 5.41) is 22.4. The monoisotopic (exact) mass is 415 g/mol.